The molecule has 0 bridgehead atoms. The zero-order valence-electron chi connectivity index (χ0n) is 14.6. The number of hydrogen-bond donors (Lipinski definition) is 1. The third-order valence-electron chi connectivity index (χ3n) is 3.51. The summed E-state index contributed by atoms with van der Waals surface area (Å²) < 4.78 is 47.9. The SMILES string of the molecule is COc1ccc(Cl)cc1C(=O)OCC(=O)Nc1ccc(C(F)(F)F)cc1[N+](=O)[O-]. The van der Waals surface area contributed by atoms with Gasteiger partial charge in [0.1, 0.15) is 17.0 Å². The molecule has 12 heteroatoms. The van der Waals surface area contributed by atoms with E-state index in [-0.39, 0.29) is 16.3 Å². The summed E-state index contributed by atoms with van der Waals surface area (Å²) in [5.41, 5.74) is -2.75. The molecule has 2 rings (SSSR count). The second kappa shape index (κ2) is 8.78. The maximum atomic E-state index is 12.7. The number of benzene rings is 2. The number of halogens is 4. The Morgan fingerprint density at radius 3 is 2.48 bits per heavy atom. The van der Waals surface area contributed by atoms with Crippen LogP contribution in [0.4, 0.5) is 24.5 Å². The third kappa shape index (κ3) is 5.57. The Morgan fingerprint density at radius 2 is 1.90 bits per heavy atom. The fraction of sp³-hybridized carbons (Fsp3) is 0.176. The summed E-state index contributed by atoms with van der Waals surface area (Å²) in [6.07, 6.45) is -4.79. The van der Waals surface area contributed by atoms with Crippen molar-refractivity contribution in [2.45, 2.75) is 6.18 Å². The zero-order chi connectivity index (χ0) is 21.8. The van der Waals surface area contributed by atoms with Gasteiger partial charge in [-0.2, -0.15) is 13.2 Å². The highest BCUT2D eigenvalue weighted by molar-refractivity contribution is 6.31. The van der Waals surface area contributed by atoms with Crippen LogP contribution in [0.25, 0.3) is 0 Å². The molecule has 1 amide bonds. The summed E-state index contributed by atoms with van der Waals surface area (Å²) in [7, 11) is 1.30. The molecule has 1 N–H and O–H groups in total. The summed E-state index contributed by atoms with van der Waals surface area (Å²) in [5, 5.41) is 13.3. The van der Waals surface area contributed by atoms with Gasteiger partial charge in [-0.1, -0.05) is 11.6 Å². The van der Waals surface area contributed by atoms with E-state index in [2.05, 4.69) is 0 Å². The summed E-state index contributed by atoms with van der Waals surface area (Å²) in [4.78, 5) is 34.0. The van der Waals surface area contributed by atoms with Gasteiger partial charge in [0.15, 0.2) is 6.61 Å². The number of methoxy groups -OCH3 is 1. The number of nitrogens with one attached hydrogen (secondary N) is 1. The number of rotatable bonds is 6. The van der Waals surface area contributed by atoms with E-state index < -0.39 is 46.5 Å². The highest BCUT2D eigenvalue weighted by Crippen LogP contribution is 2.35. The molecular formula is C17H12ClF3N2O6. The van der Waals surface area contributed by atoms with E-state index in [0.29, 0.717) is 12.1 Å². The highest BCUT2D eigenvalue weighted by atomic mass is 35.5. The Morgan fingerprint density at radius 1 is 1.21 bits per heavy atom. The van der Waals surface area contributed by atoms with Gasteiger partial charge in [0.2, 0.25) is 0 Å². The van der Waals surface area contributed by atoms with Crippen molar-refractivity contribution in [3.63, 3.8) is 0 Å². The van der Waals surface area contributed by atoms with Crippen LogP contribution in [-0.4, -0.2) is 30.5 Å². The third-order valence-corrected chi connectivity index (χ3v) is 3.75. The Hall–Kier alpha value is -3.34. The van der Waals surface area contributed by atoms with Gasteiger partial charge >= 0.3 is 12.1 Å². The molecule has 0 fully saturated rings. The Balaban J connectivity index is 2.11. The molecule has 0 unspecified atom stereocenters. The van der Waals surface area contributed by atoms with Crippen LogP contribution < -0.4 is 10.1 Å². The number of ether oxygens (including phenoxy) is 2. The molecule has 0 radical (unpaired) electrons. The lowest BCUT2D eigenvalue weighted by atomic mass is 10.1. The van der Waals surface area contributed by atoms with E-state index in [1.54, 1.807) is 0 Å². The first-order valence-electron chi connectivity index (χ1n) is 7.69. The molecule has 0 saturated carbocycles. The van der Waals surface area contributed by atoms with E-state index in [4.69, 9.17) is 21.1 Å². The molecule has 0 heterocycles. The normalized spacial score (nSPS) is 10.9. The number of nitro benzene ring substituents is 1. The van der Waals surface area contributed by atoms with Gasteiger partial charge in [0.05, 0.1) is 17.6 Å². The standard InChI is InChI=1S/C17H12ClF3N2O6/c1-28-14-5-3-10(18)7-11(14)16(25)29-8-15(24)22-12-4-2-9(17(19,20)21)6-13(12)23(26)27/h2-7H,8H2,1H3,(H,22,24). The van der Waals surface area contributed by atoms with Crippen LogP contribution in [0.15, 0.2) is 36.4 Å². The van der Waals surface area contributed by atoms with Crippen molar-refractivity contribution in [2.24, 2.45) is 0 Å². The van der Waals surface area contributed by atoms with E-state index >= 15 is 0 Å². The summed E-state index contributed by atoms with van der Waals surface area (Å²) in [6.45, 7) is -0.854. The second-order valence-electron chi connectivity index (χ2n) is 5.46. The van der Waals surface area contributed by atoms with Gasteiger partial charge < -0.3 is 14.8 Å². The lowest BCUT2D eigenvalue weighted by Gasteiger charge is -2.11. The number of anilines is 1. The second-order valence-corrected chi connectivity index (χ2v) is 5.89. The number of nitro groups is 1. The van der Waals surface area contributed by atoms with Gasteiger partial charge in [-0.05, 0) is 30.3 Å². The zero-order valence-corrected chi connectivity index (χ0v) is 15.3. The van der Waals surface area contributed by atoms with E-state index in [0.717, 1.165) is 6.07 Å². The number of alkyl halides is 3. The molecule has 2 aromatic rings. The first kappa shape index (κ1) is 22.0. The fourth-order valence-electron chi connectivity index (χ4n) is 2.20. The highest BCUT2D eigenvalue weighted by Gasteiger charge is 2.33. The maximum absolute atomic E-state index is 12.7. The van der Waals surface area contributed by atoms with Crippen LogP contribution >= 0.6 is 11.6 Å². The molecule has 0 aliphatic carbocycles. The minimum absolute atomic E-state index is 0.0617. The van der Waals surface area contributed by atoms with Gasteiger partial charge in [0, 0.05) is 11.1 Å². The summed E-state index contributed by atoms with van der Waals surface area (Å²) in [6, 6.07) is 5.73. The molecule has 0 spiro atoms. The minimum Gasteiger partial charge on any atom is -0.496 e. The first-order valence-corrected chi connectivity index (χ1v) is 8.07. The smallest absolute Gasteiger partial charge is 0.416 e. The average molecular weight is 433 g/mol. The van der Waals surface area contributed by atoms with Crippen LogP contribution in [0.3, 0.4) is 0 Å². The van der Waals surface area contributed by atoms with E-state index in [1.807, 2.05) is 5.32 Å². The number of carbonyl (C=O) groups is 2. The van der Waals surface area contributed by atoms with Crippen molar-refractivity contribution >= 4 is 34.9 Å². The van der Waals surface area contributed by atoms with Gasteiger partial charge in [-0.3, -0.25) is 14.9 Å². The topological polar surface area (TPSA) is 108 Å². The predicted octanol–water partition coefficient (Wildman–Crippen LogP) is 4.07. The molecule has 8 nitrogen and oxygen atoms in total. The van der Waals surface area contributed by atoms with E-state index in [1.165, 1.54) is 25.3 Å². The maximum Gasteiger partial charge on any atom is 0.416 e. The number of amides is 1. The summed E-state index contributed by atoms with van der Waals surface area (Å²) in [5.74, 6) is -1.82. The molecule has 0 aliphatic heterocycles. The molecule has 29 heavy (non-hydrogen) atoms. The van der Waals surface area contributed by atoms with Crippen molar-refractivity contribution in [1.29, 1.82) is 0 Å². The Bertz CT molecular complexity index is 965. The molecule has 2 aromatic carbocycles. The minimum atomic E-state index is -4.79. The predicted molar refractivity (Wildman–Crippen MR) is 95.0 cm³/mol. The van der Waals surface area contributed by atoms with Crippen molar-refractivity contribution in [2.75, 3.05) is 19.0 Å². The quantitative estimate of drug-likeness (QED) is 0.419. The first-order chi connectivity index (χ1) is 13.5. The molecule has 0 aromatic heterocycles. The lowest BCUT2D eigenvalue weighted by molar-refractivity contribution is -0.384. The van der Waals surface area contributed by atoms with E-state index in [9.17, 15) is 32.9 Å². The van der Waals surface area contributed by atoms with Gasteiger partial charge in [-0.15, -0.1) is 0 Å². The number of nitrogens with zero attached hydrogens (tertiary/aromatic N) is 1. The Labute approximate surface area is 166 Å². The molecule has 0 saturated heterocycles. The molecule has 0 aliphatic rings. The van der Waals surface area contributed by atoms with Crippen LogP contribution in [0.2, 0.25) is 5.02 Å². The average Bonchev–Trinajstić information content (AvgIpc) is 2.65. The largest absolute Gasteiger partial charge is 0.496 e. The van der Waals surface area contributed by atoms with Crippen LogP contribution in [0.1, 0.15) is 15.9 Å². The monoisotopic (exact) mass is 432 g/mol. The number of esters is 1. The molecule has 154 valence electrons. The lowest BCUT2D eigenvalue weighted by Crippen LogP contribution is -2.22. The van der Waals surface area contributed by atoms with Gasteiger partial charge in [0.25, 0.3) is 11.6 Å². The molecular weight excluding hydrogens is 421 g/mol. The van der Waals surface area contributed by atoms with Crippen LogP contribution in [-0.2, 0) is 15.7 Å². The fourth-order valence-corrected chi connectivity index (χ4v) is 2.37. The van der Waals surface area contributed by atoms with Gasteiger partial charge in [-0.25, -0.2) is 4.79 Å². The van der Waals surface area contributed by atoms with Crippen LogP contribution in [0.5, 0.6) is 5.75 Å². The Kier molecular flexibility index (Phi) is 6.64. The number of carbonyl (C=O) groups excluding carboxylic acids is 2. The summed E-state index contributed by atoms with van der Waals surface area (Å²) >= 11 is 5.79. The van der Waals surface area contributed by atoms with Crippen molar-refractivity contribution < 1.29 is 37.2 Å². The van der Waals surface area contributed by atoms with Crippen molar-refractivity contribution in [3.8, 4) is 5.75 Å². The van der Waals surface area contributed by atoms with Crippen molar-refractivity contribution in [3.05, 3.63) is 62.7 Å². The molecule has 0 atom stereocenters. The number of hydrogen-bond acceptors (Lipinski definition) is 6. The van der Waals surface area contributed by atoms with Crippen molar-refractivity contribution in [1.82, 2.24) is 0 Å². The van der Waals surface area contributed by atoms with Crippen LogP contribution in [0, 0.1) is 10.1 Å².